The fraction of sp³-hybridized carbons (Fsp3) is 0.455. The average molecular weight is 418 g/mol. The Balaban J connectivity index is 2.11. The van der Waals surface area contributed by atoms with Gasteiger partial charge in [0.2, 0.25) is 0 Å². The van der Waals surface area contributed by atoms with Crippen LogP contribution in [0, 0.1) is 5.82 Å². The predicted octanol–water partition coefficient (Wildman–Crippen LogP) is 5.31. The molecule has 7 heteroatoms. The monoisotopic (exact) mass is 417 g/mol. The molecule has 1 aliphatic rings. The lowest BCUT2D eigenvalue weighted by atomic mass is 10.00. The Morgan fingerprint density at radius 3 is 2.52 bits per heavy atom. The van der Waals surface area contributed by atoms with Gasteiger partial charge in [-0.1, -0.05) is 27.7 Å². The molecule has 0 aliphatic carbocycles. The van der Waals surface area contributed by atoms with E-state index in [4.69, 9.17) is 4.43 Å². The molecule has 1 aromatic carbocycles. The van der Waals surface area contributed by atoms with Gasteiger partial charge in [-0.05, 0) is 42.4 Å². The molecule has 156 valence electrons. The highest BCUT2D eigenvalue weighted by molar-refractivity contribution is 6.74. The van der Waals surface area contributed by atoms with Crippen molar-refractivity contribution in [3.05, 3.63) is 46.9 Å². The Kier molecular flexibility index (Phi) is 5.34. The lowest BCUT2D eigenvalue weighted by Crippen LogP contribution is -2.44. The molecule has 2 atom stereocenters. The number of fused-ring (bicyclic) bond motifs is 1. The number of rotatable bonds is 5. The maximum Gasteiger partial charge on any atom is 0.337 e. The first-order valence-corrected chi connectivity index (χ1v) is 12.7. The smallest absolute Gasteiger partial charge is 0.337 e. The fourth-order valence-electron chi connectivity index (χ4n) is 3.71. The van der Waals surface area contributed by atoms with E-state index in [-0.39, 0.29) is 22.6 Å². The van der Waals surface area contributed by atoms with Crippen molar-refractivity contribution in [2.75, 3.05) is 0 Å². The van der Waals surface area contributed by atoms with Crippen molar-refractivity contribution >= 4 is 20.6 Å². The Bertz CT molecular complexity index is 974. The van der Waals surface area contributed by atoms with E-state index < -0.39 is 20.1 Å². The van der Waals surface area contributed by atoms with Gasteiger partial charge in [0.1, 0.15) is 5.82 Å². The molecule has 2 aromatic rings. The molecule has 0 spiro atoms. The topological polar surface area (TPSA) is 68.5 Å². The zero-order valence-electron chi connectivity index (χ0n) is 17.7. The molecule has 2 heterocycles. The highest BCUT2D eigenvalue weighted by atomic mass is 28.4. The summed E-state index contributed by atoms with van der Waals surface area (Å²) in [6.07, 6.45) is 0.495. The van der Waals surface area contributed by atoms with Crippen molar-refractivity contribution in [1.82, 2.24) is 4.57 Å². The van der Waals surface area contributed by atoms with Gasteiger partial charge < -0.3 is 14.1 Å². The van der Waals surface area contributed by atoms with Crippen LogP contribution in [0.25, 0.3) is 11.3 Å². The summed E-state index contributed by atoms with van der Waals surface area (Å²) in [4.78, 5) is 23.4. The Morgan fingerprint density at radius 1 is 1.31 bits per heavy atom. The van der Waals surface area contributed by atoms with Crippen LogP contribution < -0.4 is 0 Å². The number of halogens is 1. The van der Waals surface area contributed by atoms with Crippen LogP contribution >= 0.6 is 0 Å². The third-order valence-electron chi connectivity index (χ3n) is 6.39. The molecule has 0 bridgehead atoms. The summed E-state index contributed by atoms with van der Waals surface area (Å²) in [5.41, 5.74) is 2.10. The van der Waals surface area contributed by atoms with E-state index in [0.717, 1.165) is 0 Å². The maximum atomic E-state index is 13.9. The van der Waals surface area contributed by atoms with E-state index in [0.29, 0.717) is 35.3 Å². The molecule has 5 nitrogen and oxygen atoms in total. The van der Waals surface area contributed by atoms with E-state index in [1.165, 1.54) is 18.2 Å². The van der Waals surface area contributed by atoms with E-state index in [2.05, 4.69) is 33.9 Å². The number of hydrogen-bond acceptors (Lipinski definition) is 3. The minimum atomic E-state index is -2.07. The minimum Gasteiger partial charge on any atom is -0.478 e. The number of nitrogens with zero attached hydrogens (tertiary/aromatic N) is 1. The summed E-state index contributed by atoms with van der Waals surface area (Å²) in [6, 6.07) is 5.47. The van der Waals surface area contributed by atoms with Crippen molar-refractivity contribution in [2.45, 2.75) is 64.4 Å². The first kappa shape index (κ1) is 21.5. The van der Waals surface area contributed by atoms with Gasteiger partial charge in [-0.25, -0.2) is 9.18 Å². The van der Waals surface area contributed by atoms with Gasteiger partial charge in [-0.15, -0.1) is 0 Å². The molecule has 3 rings (SSSR count). The Morgan fingerprint density at radius 2 is 1.97 bits per heavy atom. The second-order valence-electron chi connectivity index (χ2n) is 9.30. The number of carbonyl (C=O) groups is 2. The molecule has 0 radical (unpaired) electrons. The van der Waals surface area contributed by atoms with E-state index in [9.17, 15) is 19.1 Å². The molecule has 1 unspecified atom stereocenters. The largest absolute Gasteiger partial charge is 0.478 e. The third kappa shape index (κ3) is 3.69. The molecule has 0 amide bonds. The van der Waals surface area contributed by atoms with Crippen molar-refractivity contribution in [3.63, 3.8) is 0 Å². The van der Waals surface area contributed by atoms with Gasteiger partial charge in [-0.3, -0.25) is 4.79 Å². The standard InChI is InChI=1S/C22H28FNO4Si/c1-13-19(28-29(5,6)22(2,3)4)11-24-18(10-17(20(13)24)21(26)27)16-9-15(23)8-7-14(16)12-25/h7-10,12-13,19H,11H2,1-6H3,(H,26,27)/t13?,19-/m0/s1. The normalized spacial score (nSPS) is 19.3. The molecule has 0 saturated carbocycles. The molecule has 1 N–H and O–H groups in total. The summed E-state index contributed by atoms with van der Waals surface area (Å²) >= 11 is 0. The van der Waals surface area contributed by atoms with Crippen LogP contribution in [-0.2, 0) is 11.0 Å². The molecule has 0 fully saturated rings. The quantitative estimate of drug-likeness (QED) is 0.529. The van der Waals surface area contributed by atoms with Crippen molar-refractivity contribution in [1.29, 1.82) is 0 Å². The van der Waals surface area contributed by atoms with Gasteiger partial charge in [-0.2, -0.15) is 0 Å². The number of aromatic nitrogens is 1. The van der Waals surface area contributed by atoms with Gasteiger partial charge in [0.05, 0.1) is 17.4 Å². The lowest BCUT2D eigenvalue weighted by Gasteiger charge is -2.39. The van der Waals surface area contributed by atoms with E-state index in [1.807, 2.05) is 11.5 Å². The Labute approximate surface area is 171 Å². The second kappa shape index (κ2) is 7.22. The van der Waals surface area contributed by atoms with Crippen LogP contribution in [0.15, 0.2) is 24.3 Å². The SMILES string of the molecule is CC1c2c(C(=O)O)cc(-c3cc(F)ccc3C=O)n2C[C@@H]1O[Si](C)(C)C(C)(C)C. The van der Waals surface area contributed by atoms with Crippen LogP contribution in [-0.4, -0.2) is 36.4 Å². The number of benzene rings is 1. The zero-order chi connectivity index (χ0) is 21.7. The molecule has 1 aromatic heterocycles. The maximum absolute atomic E-state index is 13.9. The first-order chi connectivity index (χ1) is 13.4. The van der Waals surface area contributed by atoms with E-state index in [1.54, 1.807) is 6.07 Å². The number of carboxylic acids is 1. The van der Waals surface area contributed by atoms with Crippen LogP contribution in [0.4, 0.5) is 4.39 Å². The third-order valence-corrected chi connectivity index (χ3v) is 10.9. The minimum absolute atomic E-state index is 0.0235. The van der Waals surface area contributed by atoms with Crippen molar-refractivity contribution in [2.24, 2.45) is 0 Å². The predicted molar refractivity (Wildman–Crippen MR) is 113 cm³/mol. The van der Waals surface area contributed by atoms with Gasteiger partial charge in [0.15, 0.2) is 14.6 Å². The Hall–Kier alpha value is -2.25. The van der Waals surface area contributed by atoms with Crippen LogP contribution in [0.1, 0.15) is 60.0 Å². The molecular formula is C22H28FNO4Si. The average Bonchev–Trinajstić information content (AvgIpc) is 3.12. The number of carbonyl (C=O) groups excluding carboxylic acids is 1. The number of aromatic carboxylic acids is 1. The fourth-order valence-corrected chi connectivity index (χ4v) is 5.10. The highest BCUT2D eigenvalue weighted by Gasteiger charge is 2.44. The number of aldehydes is 1. The van der Waals surface area contributed by atoms with E-state index >= 15 is 0 Å². The first-order valence-electron chi connectivity index (χ1n) is 9.77. The van der Waals surface area contributed by atoms with Gasteiger partial charge >= 0.3 is 5.97 Å². The van der Waals surface area contributed by atoms with Crippen molar-refractivity contribution < 1.29 is 23.5 Å². The van der Waals surface area contributed by atoms with Gasteiger partial charge in [0.25, 0.3) is 0 Å². The van der Waals surface area contributed by atoms with Crippen LogP contribution in [0.3, 0.4) is 0 Å². The summed E-state index contributed by atoms with van der Waals surface area (Å²) in [5.74, 6) is -1.64. The molecule has 29 heavy (non-hydrogen) atoms. The summed E-state index contributed by atoms with van der Waals surface area (Å²) in [7, 11) is -2.07. The highest BCUT2D eigenvalue weighted by Crippen LogP contribution is 2.44. The zero-order valence-corrected chi connectivity index (χ0v) is 18.7. The van der Waals surface area contributed by atoms with Crippen LogP contribution in [0.2, 0.25) is 18.1 Å². The summed E-state index contributed by atoms with van der Waals surface area (Å²) in [6.45, 7) is 13.3. The van der Waals surface area contributed by atoms with Gasteiger partial charge in [0, 0.05) is 29.3 Å². The second-order valence-corrected chi connectivity index (χ2v) is 14.1. The molecular weight excluding hydrogens is 389 g/mol. The van der Waals surface area contributed by atoms with Crippen molar-refractivity contribution in [3.8, 4) is 11.3 Å². The summed E-state index contributed by atoms with van der Waals surface area (Å²) in [5, 5.41) is 9.79. The van der Waals surface area contributed by atoms with Crippen LogP contribution in [0.5, 0.6) is 0 Å². The summed E-state index contributed by atoms with van der Waals surface area (Å²) < 4.78 is 22.4. The number of hydrogen-bond donors (Lipinski definition) is 1. The molecule has 1 aliphatic heterocycles. The molecule has 0 saturated heterocycles. The number of carboxylic acid groups (broad SMARTS) is 1. The lowest BCUT2D eigenvalue weighted by molar-refractivity contribution is 0.0694.